The van der Waals surface area contributed by atoms with Gasteiger partial charge in [-0.3, -0.25) is 4.79 Å². The summed E-state index contributed by atoms with van der Waals surface area (Å²) in [6.45, 7) is 4.32. The lowest BCUT2D eigenvalue weighted by Gasteiger charge is -2.36. The van der Waals surface area contributed by atoms with Crippen molar-refractivity contribution in [3.8, 4) is 5.88 Å². The molecule has 1 unspecified atom stereocenters. The van der Waals surface area contributed by atoms with E-state index in [9.17, 15) is 9.90 Å². The zero-order valence-corrected chi connectivity index (χ0v) is 12.6. The second-order valence-corrected chi connectivity index (χ2v) is 6.15. The Balaban J connectivity index is 2.02. The van der Waals surface area contributed by atoms with Gasteiger partial charge in [0.1, 0.15) is 0 Å². The average molecular weight is 281 g/mol. The molecule has 0 aliphatic heterocycles. The van der Waals surface area contributed by atoms with Gasteiger partial charge >= 0.3 is 0 Å². The number of methoxy groups -OCH3 is 1. The van der Waals surface area contributed by atoms with Gasteiger partial charge in [-0.05, 0) is 24.7 Å². The Morgan fingerprint density at radius 3 is 2.75 bits per heavy atom. The first-order chi connectivity index (χ1) is 9.29. The summed E-state index contributed by atoms with van der Waals surface area (Å²) in [6, 6.07) is 1.58. The highest BCUT2D eigenvalue weighted by Crippen LogP contribution is 2.45. The second-order valence-electron chi connectivity index (χ2n) is 6.15. The first-order valence-corrected chi connectivity index (χ1v) is 6.88. The maximum absolute atomic E-state index is 12.1. The predicted molar refractivity (Wildman–Crippen MR) is 74.7 cm³/mol. The molecule has 20 heavy (non-hydrogen) atoms. The van der Waals surface area contributed by atoms with Gasteiger partial charge in [0.25, 0.3) is 5.91 Å². The topological polar surface area (TPSA) is 76.4 Å². The van der Waals surface area contributed by atoms with Gasteiger partial charge in [-0.1, -0.05) is 13.8 Å². The van der Waals surface area contributed by atoms with Crippen LogP contribution in [0.1, 0.15) is 43.6 Å². The molecular formula is C14H23N3O3. The van der Waals surface area contributed by atoms with Gasteiger partial charge in [0.15, 0.2) is 5.69 Å². The minimum absolute atomic E-state index is 0.178. The maximum Gasteiger partial charge on any atom is 0.272 e. The molecule has 1 aromatic rings. The third-order valence-corrected chi connectivity index (χ3v) is 4.47. The molecule has 0 spiro atoms. The summed E-state index contributed by atoms with van der Waals surface area (Å²) >= 11 is 0. The predicted octanol–water partition coefficient (Wildman–Crippen LogP) is 1.10. The monoisotopic (exact) mass is 281 g/mol. The van der Waals surface area contributed by atoms with Crippen LogP contribution in [0.15, 0.2) is 6.07 Å². The number of aromatic nitrogens is 2. The van der Waals surface area contributed by atoms with E-state index in [2.05, 4.69) is 10.4 Å². The summed E-state index contributed by atoms with van der Waals surface area (Å²) in [7, 11) is 3.24. The third-order valence-electron chi connectivity index (χ3n) is 4.47. The number of hydrogen-bond acceptors (Lipinski definition) is 4. The van der Waals surface area contributed by atoms with E-state index in [0.29, 0.717) is 18.0 Å². The van der Waals surface area contributed by atoms with Crippen LogP contribution in [0.25, 0.3) is 0 Å². The Kier molecular flexibility index (Phi) is 3.77. The molecule has 1 saturated carbocycles. The van der Waals surface area contributed by atoms with Crippen LogP contribution in [-0.2, 0) is 7.05 Å². The van der Waals surface area contributed by atoms with Crippen LogP contribution in [0.3, 0.4) is 0 Å². The standard InChI is InChI=1S/C14H23N3O3/c1-13(2)6-5-7-14(13,19)9-15-12(18)10-8-11(20-4)17(3)16-10/h8,19H,5-7,9H2,1-4H3,(H,15,18). The Morgan fingerprint density at radius 1 is 1.55 bits per heavy atom. The summed E-state index contributed by atoms with van der Waals surface area (Å²) in [5.74, 6) is 0.232. The molecule has 1 aromatic heterocycles. The Labute approximate surface area is 119 Å². The molecule has 1 amide bonds. The fourth-order valence-electron chi connectivity index (χ4n) is 2.79. The van der Waals surface area contributed by atoms with Gasteiger partial charge < -0.3 is 15.2 Å². The zero-order valence-electron chi connectivity index (χ0n) is 12.6. The van der Waals surface area contributed by atoms with Crippen LogP contribution in [0.4, 0.5) is 0 Å². The van der Waals surface area contributed by atoms with Gasteiger partial charge in [-0.25, -0.2) is 4.68 Å². The minimum Gasteiger partial charge on any atom is -0.481 e. The van der Waals surface area contributed by atoms with Crippen LogP contribution in [0.2, 0.25) is 0 Å². The van der Waals surface area contributed by atoms with Gasteiger partial charge in [-0.15, -0.1) is 0 Å². The molecule has 0 radical (unpaired) electrons. The Bertz CT molecular complexity index is 510. The van der Waals surface area contributed by atoms with E-state index >= 15 is 0 Å². The number of ether oxygens (including phenoxy) is 1. The quantitative estimate of drug-likeness (QED) is 0.866. The molecule has 1 fully saturated rings. The summed E-state index contributed by atoms with van der Waals surface area (Å²) in [4.78, 5) is 12.1. The van der Waals surface area contributed by atoms with E-state index in [1.54, 1.807) is 13.1 Å². The SMILES string of the molecule is COc1cc(C(=O)NCC2(O)CCCC2(C)C)nn1C. The van der Waals surface area contributed by atoms with Gasteiger partial charge in [-0.2, -0.15) is 5.10 Å². The van der Waals surface area contributed by atoms with E-state index in [4.69, 9.17) is 4.74 Å². The highest BCUT2D eigenvalue weighted by atomic mass is 16.5. The molecule has 2 rings (SSSR count). The van der Waals surface area contributed by atoms with Crippen LogP contribution in [-0.4, -0.2) is 40.0 Å². The van der Waals surface area contributed by atoms with Crippen molar-refractivity contribution in [2.45, 2.75) is 38.7 Å². The van der Waals surface area contributed by atoms with Gasteiger partial charge in [0.2, 0.25) is 5.88 Å². The van der Waals surface area contributed by atoms with E-state index in [0.717, 1.165) is 12.8 Å². The van der Waals surface area contributed by atoms with E-state index in [1.807, 2.05) is 13.8 Å². The molecule has 6 nitrogen and oxygen atoms in total. The number of amides is 1. The lowest BCUT2D eigenvalue weighted by Crippen LogP contribution is -2.49. The largest absolute Gasteiger partial charge is 0.481 e. The van der Waals surface area contributed by atoms with Crippen molar-refractivity contribution >= 4 is 5.91 Å². The van der Waals surface area contributed by atoms with E-state index < -0.39 is 5.60 Å². The smallest absolute Gasteiger partial charge is 0.272 e. The number of hydrogen-bond donors (Lipinski definition) is 2. The summed E-state index contributed by atoms with van der Waals surface area (Å²) in [5, 5.41) is 17.5. The van der Waals surface area contributed by atoms with Gasteiger partial charge in [0, 0.05) is 19.7 Å². The van der Waals surface area contributed by atoms with E-state index in [1.165, 1.54) is 11.8 Å². The molecule has 6 heteroatoms. The lowest BCUT2D eigenvalue weighted by molar-refractivity contribution is -0.0394. The normalized spacial score (nSPS) is 24.6. The number of nitrogens with zero attached hydrogens (tertiary/aromatic N) is 2. The van der Waals surface area contributed by atoms with Crippen LogP contribution in [0.5, 0.6) is 5.88 Å². The molecule has 1 aliphatic rings. The zero-order chi connectivity index (χ0) is 15.0. The fourth-order valence-corrected chi connectivity index (χ4v) is 2.79. The number of carbonyl (C=O) groups excluding carboxylic acids is 1. The van der Waals surface area contributed by atoms with Crippen LogP contribution >= 0.6 is 0 Å². The number of nitrogens with one attached hydrogen (secondary N) is 1. The first-order valence-electron chi connectivity index (χ1n) is 6.88. The van der Waals surface area contributed by atoms with Crippen molar-refractivity contribution in [1.29, 1.82) is 0 Å². The summed E-state index contributed by atoms with van der Waals surface area (Å²) in [6.07, 6.45) is 2.67. The van der Waals surface area contributed by atoms with Gasteiger partial charge in [0.05, 0.1) is 12.7 Å². The molecule has 0 aromatic carbocycles. The van der Waals surface area contributed by atoms with Crippen molar-refractivity contribution in [1.82, 2.24) is 15.1 Å². The molecule has 1 atom stereocenters. The van der Waals surface area contributed by atoms with Crippen molar-refractivity contribution in [3.63, 3.8) is 0 Å². The molecule has 1 aliphatic carbocycles. The molecule has 1 heterocycles. The number of aliphatic hydroxyl groups is 1. The van der Waals surface area contributed by atoms with Crippen LogP contribution in [0, 0.1) is 5.41 Å². The Hall–Kier alpha value is -1.56. The summed E-state index contributed by atoms with van der Waals surface area (Å²) in [5.41, 5.74) is -0.729. The number of carbonyl (C=O) groups is 1. The number of aryl methyl sites for hydroxylation is 1. The molecule has 2 N–H and O–H groups in total. The van der Waals surface area contributed by atoms with E-state index in [-0.39, 0.29) is 17.9 Å². The molecule has 112 valence electrons. The van der Waals surface area contributed by atoms with Crippen LogP contribution < -0.4 is 10.1 Å². The minimum atomic E-state index is -0.846. The van der Waals surface area contributed by atoms with Crippen molar-refractivity contribution in [2.75, 3.05) is 13.7 Å². The fraction of sp³-hybridized carbons (Fsp3) is 0.714. The maximum atomic E-state index is 12.1. The average Bonchev–Trinajstić information content (AvgIpc) is 2.88. The molecular weight excluding hydrogens is 258 g/mol. The third kappa shape index (κ3) is 2.52. The lowest BCUT2D eigenvalue weighted by atomic mass is 9.78. The van der Waals surface area contributed by atoms with Crippen molar-refractivity contribution in [3.05, 3.63) is 11.8 Å². The van der Waals surface area contributed by atoms with Crippen molar-refractivity contribution < 1.29 is 14.6 Å². The Morgan fingerprint density at radius 2 is 2.25 bits per heavy atom. The van der Waals surface area contributed by atoms with Crippen molar-refractivity contribution in [2.24, 2.45) is 12.5 Å². The molecule has 0 bridgehead atoms. The second kappa shape index (κ2) is 5.09. The highest BCUT2D eigenvalue weighted by molar-refractivity contribution is 5.92. The first kappa shape index (κ1) is 14.8. The number of rotatable bonds is 4. The highest BCUT2D eigenvalue weighted by Gasteiger charge is 2.47. The molecule has 0 saturated heterocycles. The summed E-state index contributed by atoms with van der Waals surface area (Å²) < 4.78 is 6.58.